The predicted molar refractivity (Wildman–Crippen MR) is 91.4 cm³/mol. The van der Waals surface area contributed by atoms with Crippen LogP contribution in [0.3, 0.4) is 0 Å². The fourth-order valence-corrected chi connectivity index (χ4v) is 2.04. The lowest BCUT2D eigenvalue weighted by molar-refractivity contribution is -0.540. The molecule has 0 rings (SSSR count). The molecule has 0 aromatic rings. The molecule has 0 aliphatic rings. The molecule has 178 valence electrons. The molecule has 0 saturated heterocycles. The Morgan fingerprint density at radius 3 is 1.27 bits per heavy atom. The first kappa shape index (κ1) is 28.8. The van der Waals surface area contributed by atoms with Gasteiger partial charge in [-0.25, -0.2) is 9.68 Å². The molecule has 0 aromatic carbocycles. The second-order valence-electron chi connectivity index (χ2n) is 6.61. The van der Waals surface area contributed by atoms with Crippen molar-refractivity contribution in [3.05, 3.63) is 0 Å². The SMILES string of the molecule is CC(C)N(O[C@@](O)([C@H](O)CO)[C@H](O)[C@H](O)C=O)O[C@@](O)([C@H](O)CO)[C@H](O)[C@H](O)C=O. The van der Waals surface area contributed by atoms with Crippen molar-refractivity contribution in [2.24, 2.45) is 0 Å². The van der Waals surface area contributed by atoms with Crippen LogP contribution in [0.2, 0.25) is 0 Å². The van der Waals surface area contributed by atoms with Crippen LogP contribution in [0.25, 0.3) is 0 Å². The summed E-state index contributed by atoms with van der Waals surface area (Å²) in [4.78, 5) is 31.1. The number of rotatable bonds is 15. The van der Waals surface area contributed by atoms with E-state index in [1.807, 2.05) is 0 Å². The van der Waals surface area contributed by atoms with Gasteiger partial charge in [-0.3, -0.25) is 0 Å². The molecule has 30 heavy (non-hydrogen) atoms. The molecule has 0 aliphatic heterocycles. The lowest BCUT2D eigenvalue weighted by Gasteiger charge is -2.44. The second kappa shape index (κ2) is 12.0. The molecular weight excluding hydrogens is 418 g/mol. The van der Waals surface area contributed by atoms with Crippen LogP contribution in [0, 0.1) is 0 Å². The first-order valence-electron chi connectivity index (χ1n) is 8.59. The van der Waals surface area contributed by atoms with Crippen LogP contribution in [-0.2, 0) is 19.3 Å². The van der Waals surface area contributed by atoms with Gasteiger partial charge in [-0.1, -0.05) is 5.23 Å². The third kappa shape index (κ3) is 6.41. The minimum absolute atomic E-state index is 0.0548. The van der Waals surface area contributed by atoms with Crippen LogP contribution >= 0.6 is 0 Å². The maximum absolute atomic E-state index is 10.7. The highest BCUT2D eigenvalue weighted by Gasteiger charge is 2.54. The van der Waals surface area contributed by atoms with Gasteiger partial charge in [0, 0.05) is 0 Å². The summed E-state index contributed by atoms with van der Waals surface area (Å²) in [5.74, 6) is -6.72. The van der Waals surface area contributed by atoms with Crippen molar-refractivity contribution in [3.63, 3.8) is 0 Å². The van der Waals surface area contributed by atoms with Crippen LogP contribution in [0.5, 0.6) is 0 Å². The Labute approximate surface area is 170 Å². The van der Waals surface area contributed by atoms with E-state index in [4.69, 9.17) is 19.9 Å². The van der Waals surface area contributed by atoms with Crippen molar-refractivity contribution in [1.82, 2.24) is 5.23 Å². The Morgan fingerprint density at radius 2 is 1.07 bits per heavy atom. The molecule has 0 radical (unpaired) electrons. The van der Waals surface area contributed by atoms with Gasteiger partial charge >= 0.3 is 0 Å². The second-order valence-corrected chi connectivity index (χ2v) is 6.61. The van der Waals surface area contributed by atoms with Gasteiger partial charge in [0.2, 0.25) is 11.6 Å². The van der Waals surface area contributed by atoms with Gasteiger partial charge in [0.05, 0.1) is 19.3 Å². The first-order chi connectivity index (χ1) is 13.8. The standard InChI is InChI=1S/C15H29NO14/c1-7(2)16(29-14(27,10(23)5-19)12(25)8(21)3-17)30-15(28,11(24)6-20)13(26)9(22)4-18/h3-4,7-13,19-28H,5-6H2,1-2H3/t8-,9-,10-,11-,12-,13-,14+,15+/m1/s1. The first-order valence-corrected chi connectivity index (χ1v) is 8.59. The highest BCUT2D eigenvalue weighted by atomic mass is 17.0. The highest BCUT2D eigenvalue weighted by Crippen LogP contribution is 2.28. The quantitative estimate of drug-likeness (QED) is 0.0635. The Balaban J connectivity index is 6.14. The lowest BCUT2D eigenvalue weighted by Crippen LogP contribution is -2.66. The van der Waals surface area contributed by atoms with Crippen molar-refractivity contribution in [1.29, 1.82) is 0 Å². The van der Waals surface area contributed by atoms with E-state index < -0.39 is 67.5 Å². The summed E-state index contributed by atoms with van der Waals surface area (Å²) in [7, 11) is 0. The number of nitrogens with zero attached hydrogens (tertiary/aromatic N) is 1. The van der Waals surface area contributed by atoms with Gasteiger partial charge < -0.3 is 60.7 Å². The molecular formula is C15H29NO14. The molecule has 15 nitrogen and oxygen atoms in total. The van der Waals surface area contributed by atoms with Crippen LogP contribution < -0.4 is 0 Å². The summed E-state index contributed by atoms with van der Waals surface area (Å²) in [6, 6.07) is -1.12. The number of aliphatic hydroxyl groups is 10. The molecule has 0 spiro atoms. The number of hydrogen-bond donors (Lipinski definition) is 10. The summed E-state index contributed by atoms with van der Waals surface area (Å²) < 4.78 is 0. The van der Waals surface area contributed by atoms with Gasteiger partial charge in [-0.05, 0) is 13.8 Å². The van der Waals surface area contributed by atoms with Gasteiger partial charge in [0.25, 0.3) is 0 Å². The Morgan fingerprint density at radius 1 is 0.767 bits per heavy atom. The van der Waals surface area contributed by atoms with E-state index >= 15 is 0 Å². The van der Waals surface area contributed by atoms with Crippen molar-refractivity contribution in [2.75, 3.05) is 13.2 Å². The number of carbonyl (C=O) groups excluding carboxylic acids is 2. The zero-order valence-corrected chi connectivity index (χ0v) is 16.2. The monoisotopic (exact) mass is 447 g/mol. The summed E-state index contributed by atoms with van der Waals surface area (Å²) in [6.45, 7) is -0.0761. The van der Waals surface area contributed by atoms with E-state index in [1.54, 1.807) is 0 Å². The molecule has 0 heterocycles. The molecule has 0 bridgehead atoms. The van der Waals surface area contributed by atoms with Crippen molar-refractivity contribution >= 4 is 12.6 Å². The van der Waals surface area contributed by atoms with E-state index in [-0.39, 0.29) is 17.8 Å². The lowest BCUT2D eigenvalue weighted by atomic mass is 9.99. The van der Waals surface area contributed by atoms with Gasteiger partial charge in [0.15, 0.2) is 12.6 Å². The van der Waals surface area contributed by atoms with Crippen LogP contribution in [0.1, 0.15) is 13.8 Å². The number of aldehydes is 2. The normalized spacial score (nSPS) is 22.5. The minimum Gasteiger partial charge on any atom is -0.393 e. The average Bonchev–Trinajstić information content (AvgIpc) is 2.74. The highest BCUT2D eigenvalue weighted by molar-refractivity contribution is 5.57. The maximum atomic E-state index is 10.7. The van der Waals surface area contributed by atoms with E-state index in [9.17, 15) is 50.4 Å². The fourth-order valence-electron chi connectivity index (χ4n) is 2.04. The fraction of sp³-hybridized carbons (Fsp3) is 0.867. The molecule has 0 unspecified atom stereocenters. The molecule has 8 atom stereocenters. The minimum atomic E-state index is -3.36. The van der Waals surface area contributed by atoms with Gasteiger partial charge in [-0.15, -0.1) is 0 Å². The van der Waals surface area contributed by atoms with Crippen molar-refractivity contribution in [2.45, 2.75) is 68.1 Å². The topological polar surface area (TPSA) is 258 Å². The number of hydroxylamine groups is 2. The number of aliphatic hydroxyl groups excluding tert-OH is 8. The molecule has 15 heteroatoms. The smallest absolute Gasteiger partial charge is 0.245 e. The molecule has 0 amide bonds. The Bertz CT molecular complexity index is 495. The molecule has 0 fully saturated rings. The molecule has 0 aliphatic carbocycles. The Hall–Kier alpha value is -1.18. The molecule has 0 saturated carbocycles. The van der Waals surface area contributed by atoms with Crippen LogP contribution in [0.15, 0.2) is 0 Å². The van der Waals surface area contributed by atoms with Gasteiger partial charge in [0.1, 0.15) is 36.6 Å². The number of hydrogen-bond acceptors (Lipinski definition) is 15. The van der Waals surface area contributed by atoms with E-state index in [2.05, 4.69) is 0 Å². The Kier molecular flexibility index (Phi) is 11.5. The number of carbonyl (C=O) groups is 2. The zero-order chi connectivity index (χ0) is 23.9. The van der Waals surface area contributed by atoms with E-state index in [0.29, 0.717) is 0 Å². The third-order valence-electron chi connectivity index (χ3n) is 3.97. The zero-order valence-electron chi connectivity index (χ0n) is 16.2. The maximum Gasteiger partial charge on any atom is 0.245 e. The molecule has 10 N–H and O–H groups in total. The summed E-state index contributed by atoms with van der Waals surface area (Å²) in [6.07, 6.45) is -15.1. The summed E-state index contributed by atoms with van der Waals surface area (Å²) in [5, 5.41) is 97.7. The molecule has 0 aromatic heterocycles. The van der Waals surface area contributed by atoms with E-state index in [1.165, 1.54) is 13.8 Å². The van der Waals surface area contributed by atoms with Crippen molar-refractivity contribution < 1.29 is 70.3 Å². The van der Waals surface area contributed by atoms with Crippen LogP contribution in [0.4, 0.5) is 0 Å². The summed E-state index contributed by atoms with van der Waals surface area (Å²) in [5.41, 5.74) is 0. The predicted octanol–water partition coefficient (Wildman–Crippen LogP) is -6.51. The van der Waals surface area contributed by atoms with Gasteiger partial charge in [-0.2, -0.15) is 0 Å². The largest absolute Gasteiger partial charge is 0.393 e. The van der Waals surface area contributed by atoms with E-state index in [0.717, 1.165) is 0 Å². The van der Waals surface area contributed by atoms with Crippen molar-refractivity contribution in [3.8, 4) is 0 Å². The third-order valence-corrected chi connectivity index (χ3v) is 3.97. The average molecular weight is 447 g/mol. The summed E-state index contributed by atoms with van der Waals surface area (Å²) >= 11 is 0. The van der Waals surface area contributed by atoms with Crippen LogP contribution in [-0.4, -0.2) is 136 Å².